The summed E-state index contributed by atoms with van der Waals surface area (Å²) in [5, 5.41) is 0. The van der Waals surface area contributed by atoms with E-state index in [0.29, 0.717) is 26.2 Å². The Morgan fingerprint density at radius 3 is 2.24 bits per heavy atom. The Morgan fingerprint density at radius 1 is 0.840 bits per heavy atom. The van der Waals surface area contributed by atoms with Gasteiger partial charge in [0.15, 0.2) is 0 Å². The molecular weight excluding hydrogens is 314 g/mol. The highest BCUT2D eigenvalue weighted by atomic mass is 16.5. The van der Waals surface area contributed by atoms with Gasteiger partial charge in [-0.2, -0.15) is 0 Å². The molecule has 0 spiro atoms. The molecule has 4 heteroatoms. The molecule has 0 aliphatic rings. The van der Waals surface area contributed by atoms with Crippen LogP contribution in [0.5, 0.6) is 5.75 Å². The predicted molar refractivity (Wildman–Crippen MR) is 99.7 cm³/mol. The molecule has 2 rings (SSSR count). The summed E-state index contributed by atoms with van der Waals surface area (Å²) in [7, 11) is 0. The van der Waals surface area contributed by atoms with Crippen molar-refractivity contribution < 1.29 is 14.3 Å². The van der Waals surface area contributed by atoms with Gasteiger partial charge in [0.05, 0.1) is 19.6 Å². The fraction of sp³-hybridized carbons (Fsp3) is 0.381. The van der Waals surface area contributed by atoms with E-state index < -0.39 is 0 Å². The predicted octanol–water partition coefficient (Wildman–Crippen LogP) is 3.72. The lowest BCUT2D eigenvalue weighted by molar-refractivity contribution is -0.143. The Labute approximate surface area is 150 Å². The second kappa shape index (κ2) is 11.3. The minimum atomic E-state index is -0.214. The molecule has 0 aliphatic heterocycles. The minimum Gasteiger partial charge on any atom is -0.494 e. The third kappa shape index (κ3) is 7.86. The summed E-state index contributed by atoms with van der Waals surface area (Å²) in [6.45, 7) is 1.48. The average Bonchev–Trinajstić information content (AvgIpc) is 2.63. The number of nitrogens with two attached hydrogens (primary N) is 1. The van der Waals surface area contributed by atoms with E-state index in [1.807, 2.05) is 18.2 Å². The SMILES string of the molecule is NCCC(=O)OCCCCCOc1ccc(Cc2ccccc2)cc1. The highest BCUT2D eigenvalue weighted by molar-refractivity contribution is 5.69. The number of unbranched alkanes of at least 4 members (excludes halogenated alkanes) is 2. The van der Waals surface area contributed by atoms with Crippen molar-refractivity contribution in [3.63, 3.8) is 0 Å². The molecule has 0 fully saturated rings. The molecule has 0 atom stereocenters. The van der Waals surface area contributed by atoms with Gasteiger partial charge in [-0.1, -0.05) is 42.5 Å². The third-order valence-electron chi connectivity index (χ3n) is 3.84. The van der Waals surface area contributed by atoms with E-state index >= 15 is 0 Å². The second-order valence-corrected chi connectivity index (χ2v) is 5.97. The molecule has 0 saturated carbocycles. The van der Waals surface area contributed by atoms with Crippen molar-refractivity contribution in [3.05, 3.63) is 65.7 Å². The largest absolute Gasteiger partial charge is 0.494 e. The molecule has 0 bridgehead atoms. The first-order chi connectivity index (χ1) is 12.3. The summed E-state index contributed by atoms with van der Waals surface area (Å²) in [6, 6.07) is 18.7. The quantitative estimate of drug-likeness (QED) is 0.500. The Morgan fingerprint density at radius 2 is 1.52 bits per heavy atom. The van der Waals surface area contributed by atoms with Crippen LogP contribution in [-0.2, 0) is 16.0 Å². The summed E-state index contributed by atoms with van der Waals surface area (Å²) >= 11 is 0. The zero-order chi connectivity index (χ0) is 17.7. The van der Waals surface area contributed by atoms with Crippen LogP contribution in [0.2, 0.25) is 0 Å². The van der Waals surface area contributed by atoms with Crippen LogP contribution in [0.15, 0.2) is 54.6 Å². The zero-order valence-electron chi connectivity index (χ0n) is 14.7. The van der Waals surface area contributed by atoms with Gasteiger partial charge in [0.25, 0.3) is 0 Å². The summed E-state index contributed by atoms with van der Waals surface area (Å²) in [6.07, 6.45) is 4.01. The van der Waals surface area contributed by atoms with Crippen LogP contribution in [-0.4, -0.2) is 25.7 Å². The van der Waals surface area contributed by atoms with Crippen molar-refractivity contribution >= 4 is 5.97 Å². The van der Waals surface area contributed by atoms with Crippen LogP contribution in [0, 0.1) is 0 Å². The molecule has 4 nitrogen and oxygen atoms in total. The summed E-state index contributed by atoms with van der Waals surface area (Å²) in [4.78, 5) is 11.1. The van der Waals surface area contributed by atoms with Gasteiger partial charge >= 0.3 is 5.97 Å². The number of hydrogen-bond donors (Lipinski definition) is 1. The number of hydrogen-bond acceptors (Lipinski definition) is 4. The number of esters is 1. The van der Waals surface area contributed by atoms with E-state index in [1.54, 1.807) is 0 Å². The van der Waals surface area contributed by atoms with Crippen LogP contribution in [0.4, 0.5) is 0 Å². The van der Waals surface area contributed by atoms with Crippen molar-refractivity contribution in [2.24, 2.45) is 5.73 Å². The van der Waals surface area contributed by atoms with Crippen LogP contribution in [0.1, 0.15) is 36.8 Å². The van der Waals surface area contributed by atoms with Gasteiger partial charge in [-0.3, -0.25) is 4.79 Å². The van der Waals surface area contributed by atoms with Crippen molar-refractivity contribution in [1.82, 2.24) is 0 Å². The molecule has 25 heavy (non-hydrogen) atoms. The maximum absolute atomic E-state index is 11.1. The normalized spacial score (nSPS) is 10.4. The Balaban J connectivity index is 1.58. The fourth-order valence-corrected chi connectivity index (χ4v) is 2.48. The fourth-order valence-electron chi connectivity index (χ4n) is 2.48. The summed E-state index contributed by atoms with van der Waals surface area (Å²) < 4.78 is 10.8. The van der Waals surface area contributed by atoms with E-state index in [1.165, 1.54) is 11.1 Å². The van der Waals surface area contributed by atoms with Gasteiger partial charge in [0, 0.05) is 6.54 Å². The van der Waals surface area contributed by atoms with E-state index in [4.69, 9.17) is 15.2 Å². The van der Waals surface area contributed by atoms with E-state index in [9.17, 15) is 4.79 Å². The Kier molecular flexibility index (Phi) is 8.56. The number of ether oxygens (including phenoxy) is 2. The van der Waals surface area contributed by atoms with E-state index in [0.717, 1.165) is 31.4 Å². The van der Waals surface area contributed by atoms with Crippen LogP contribution in [0.3, 0.4) is 0 Å². The molecule has 2 aromatic carbocycles. The van der Waals surface area contributed by atoms with Gasteiger partial charge in [0.2, 0.25) is 0 Å². The first kappa shape index (κ1) is 19.0. The molecule has 0 radical (unpaired) electrons. The van der Waals surface area contributed by atoms with Crippen molar-refractivity contribution in [1.29, 1.82) is 0 Å². The highest BCUT2D eigenvalue weighted by Crippen LogP contribution is 2.15. The molecule has 0 aliphatic carbocycles. The molecule has 0 amide bonds. The Bertz CT molecular complexity index is 611. The first-order valence-corrected chi connectivity index (χ1v) is 8.89. The lowest BCUT2D eigenvalue weighted by Gasteiger charge is -2.08. The third-order valence-corrected chi connectivity index (χ3v) is 3.84. The summed E-state index contributed by atoms with van der Waals surface area (Å²) in [5.74, 6) is 0.681. The van der Waals surface area contributed by atoms with E-state index in [2.05, 4.69) is 36.4 Å². The Hall–Kier alpha value is -2.33. The van der Waals surface area contributed by atoms with Gasteiger partial charge in [-0.05, 0) is 48.9 Å². The van der Waals surface area contributed by atoms with Gasteiger partial charge in [0.1, 0.15) is 5.75 Å². The van der Waals surface area contributed by atoms with Gasteiger partial charge in [-0.25, -0.2) is 0 Å². The van der Waals surface area contributed by atoms with E-state index in [-0.39, 0.29) is 5.97 Å². The maximum Gasteiger partial charge on any atom is 0.307 e. The van der Waals surface area contributed by atoms with Gasteiger partial charge < -0.3 is 15.2 Å². The van der Waals surface area contributed by atoms with Crippen LogP contribution >= 0.6 is 0 Å². The first-order valence-electron chi connectivity index (χ1n) is 8.89. The van der Waals surface area contributed by atoms with Crippen LogP contribution < -0.4 is 10.5 Å². The topological polar surface area (TPSA) is 61.6 Å². The molecule has 2 aromatic rings. The molecule has 134 valence electrons. The van der Waals surface area contributed by atoms with Crippen LogP contribution in [0.25, 0.3) is 0 Å². The number of carbonyl (C=O) groups excluding carboxylic acids is 1. The highest BCUT2D eigenvalue weighted by Gasteiger charge is 2.01. The monoisotopic (exact) mass is 341 g/mol. The molecule has 0 saturated heterocycles. The lowest BCUT2D eigenvalue weighted by atomic mass is 10.1. The van der Waals surface area contributed by atoms with Crippen molar-refractivity contribution in [2.45, 2.75) is 32.1 Å². The average molecular weight is 341 g/mol. The maximum atomic E-state index is 11.1. The minimum absolute atomic E-state index is 0.214. The molecule has 0 aromatic heterocycles. The molecular formula is C21H27NO3. The number of benzene rings is 2. The van der Waals surface area contributed by atoms with Crippen molar-refractivity contribution in [2.75, 3.05) is 19.8 Å². The number of carbonyl (C=O) groups is 1. The molecule has 2 N–H and O–H groups in total. The smallest absolute Gasteiger partial charge is 0.307 e. The number of rotatable bonds is 11. The van der Waals surface area contributed by atoms with Gasteiger partial charge in [-0.15, -0.1) is 0 Å². The standard InChI is InChI=1S/C21H27NO3/c22-14-13-21(23)25-16-6-2-5-15-24-20-11-9-19(10-12-20)17-18-7-3-1-4-8-18/h1,3-4,7-12H,2,5-6,13-17,22H2. The second-order valence-electron chi connectivity index (χ2n) is 5.97. The summed E-state index contributed by atoms with van der Waals surface area (Å²) in [5.41, 5.74) is 7.87. The molecule has 0 unspecified atom stereocenters. The van der Waals surface area contributed by atoms with Crippen molar-refractivity contribution in [3.8, 4) is 5.75 Å². The molecule has 0 heterocycles. The zero-order valence-corrected chi connectivity index (χ0v) is 14.7. The lowest BCUT2D eigenvalue weighted by Crippen LogP contribution is -2.11.